The first-order valence-electron chi connectivity index (χ1n) is 12.2. The van der Waals surface area contributed by atoms with E-state index in [1.807, 2.05) is 0 Å². The summed E-state index contributed by atoms with van der Waals surface area (Å²) in [5, 5.41) is 25.5. The van der Waals surface area contributed by atoms with Crippen LogP contribution in [0.25, 0.3) is 16.8 Å². The topological polar surface area (TPSA) is 133 Å². The number of nitrogens with one attached hydrogen (secondary N) is 2. The lowest BCUT2D eigenvalue weighted by atomic mass is 9.79. The van der Waals surface area contributed by atoms with Gasteiger partial charge in [0.25, 0.3) is 5.91 Å². The maximum atomic E-state index is 14.1. The number of amides is 1. The third kappa shape index (κ3) is 5.71. The van der Waals surface area contributed by atoms with E-state index in [1.165, 1.54) is 48.0 Å². The Morgan fingerprint density at radius 3 is 2.46 bits per heavy atom. The van der Waals surface area contributed by atoms with Gasteiger partial charge in [0.2, 0.25) is 10.0 Å². The lowest BCUT2D eigenvalue weighted by molar-refractivity contribution is 0.0965. The molecule has 0 unspecified atom stereocenters. The molecule has 1 saturated carbocycles. The van der Waals surface area contributed by atoms with E-state index in [4.69, 9.17) is 10.0 Å². The van der Waals surface area contributed by atoms with E-state index in [-0.39, 0.29) is 29.6 Å². The van der Waals surface area contributed by atoms with Gasteiger partial charge in [-0.1, -0.05) is 12.1 Å². The Hall–Kier alpha value is -3.65. The molecule has 0 spiro atoms. The molecule has 39 heavy (non-hydrogen) atoms. The van der Waals surface area contributed by atoms with Gasteiger partial charge in [-0.3, -0.25) is 4.79 Å². The molecular formula is C26H25BF2N4O5S. The second-order valence-corrected chi connectivity index (χ2v) is 11.3. The molecule has 1 amide bonds. The van der Waals surface area contributed by atoms with Crippen LogP contribution >= 0.6 is 0 Å². The molecule has 0 atom stereocenters. The van der Waals surface area contributed by atoms with Crippen LogP contribution in [-0.4, -0.2) is 48.2 Å². The van der Waals surface area contributed by atoms with Crippen LogP contribution in [0.15, 0.2) is 54.7 Å². The highest BCUT2D eigenvalue weighted by molar-refractivity contribution is 7.88. The van der Waals surface area contributed by atoms with Crippen molar-refractivity contribution in [3.63, 3.8) is 0 Å². The van der Waals surface area contributed by atoms with Crippen molar-refractivity contribution in [2.24, 2.45) is 0 Å². The normalized spacial score (nSPS) is 13.6. The van der Waals surface area contributed by atoms with Crippen LogP contribution < -0.4 is 15.5 Å². The number of carbonyl (C=O) groups is 1. The number of benzene rings is 2. The fourth-order valence-corrected chi connectivity index (χ4v) is 5.68. The second-order valence-electron chi connectivity index (χ2n) is 9.48. The summed E-state index contributed by atoms with van der Waals surface area (Å²) in [6.45, 7) is -0.195. The number of sulfonamides is 1. The van der Waals surface area contributed by atoms with Crippen molar-refractivity contribution >= 4 is 34.0 Å². The fraction of sp³-hybridized carbons (Fsp3) is 0.231. The summed E-state index contributed by atoms with van der Waals surface area (Å²) in [5.74, 6) is -1.88. The van der Waals surface area contributed by atoms with Gasteiger partial charge < -0.3 is 15.4 Å². The molecule has 0 aliphatic heterocycles. The van der Waals surface area contributed by atoms with E-state index < -0.39 is 28.8 Å². The third-order valence-corrected chi connectivity index (χ3v) is 7.94. The number of nitrogens with zero attached hydrogens (tertiary/aromatic N) is 2. The summed E-state index contributed by atoms with van der Waals surface area (Å²) < 4.78 is 57.6. The van der Waals surface area contributed by atoms with Crippen molar-refractivity contribution in [1.29, 1.82) is 0 Å². The quantitative estimate of drug-likeness (QED) is 0.234. The highest BCUT2D eigenvalue weighted by Gasteiger charge is 2.30. The maximum absolute atomic E-state index is 14.1. The van der Waals surface area contributed by atoms with Gasteiger partial charge >= 0.3 is 7.12 Å². The molecule has 2 heterocycles. The Morgan fingerprint density at radius 2 is 1.85 bits per heavy atom. The molecule has 2 aromatic carbocycles. The van der Waals surface area contributed by atoms with Crippen molar-refractivity contribution in [3.05, 3.63) is 88.6 Å². The summed E-state index contributed by atoms with van der Waals surface area (Å²) in [6.07, 6.45) is 3.36. The first-order valence-corrected chi connectivity index (χ1v) is 13.9. The molecule has 202 valence electrons. The lowest BCUT2D eigenvalue weighted by Crippen LogP contribution is -2.33. The molecule has 1 aliphatic carbocycles. The summed E-state index contributed by atoms with van der Waals surface area (Å²) in [7, 11) is -4.35. The minimum absolute atomic E-state index is 0.147. The monoisotopic (exact) mass is 554 g/mol. The van der Waals surface area contributed by atoms with Gasteiger partial charge in [-0.2, -0.15) is 5.10 Å². The Balaban J connectivity index is 1.48. The molecule has 1 aliphatic rings. The van der Waals surface area contributed by atoms with Crippen molar-refractivity contribution < 1.29 is 32.0 Å². The van der Waals surface area contributed by atoms with Crippen LogP contribution in [0.5, 0.6) is 0 Å². The first-order chi connectivity index (χ1) is 18.6. The van der Waals surface area contributed by atoms with E-state index in [9.17, 15) is 22.0 Å². The molecule has 2 aromatic heterocycles. The zero-order chi connectivity index (χ0) is 27.9. The average Bonchev–Trinajstić information content (AvgIpc) is 3.67. The number of hydrogen-bond acceptors (Lipinski definition) is 6. The van der Waals surface area contributed by atoms with Gasteiger partial charge in [0.1, 0.15) is 17.3 Å². The minimum Gasteiger partial charge on any atom is -0.423 e. The van der Waals surface area contributed by atoms with Gasteiger partial charge in [0.15, 0.2) is 0 Å². The van der Waals surface area contributed by atoms with Gasteiger partial charge in [-0.15, -0.1) is 0 Å². The van der Waals surface area contributed by atoms with Gasteiger partial charge in [-0.25, -0.2) is 26.4 Å². The number of aromatic nitrogens is 2. The molecule has 5 rings (SSSR count). The van der Waals surface area contributed by atoms with Crippen LogP contribution in [0.2, 0.25) is 0 Å². The van der Waals surface area contributed by atoms with Crippen LogP contribution in [0, 0.1) is 11.6 Å². The van der Waals surface area contributed by atoms with E-state index in [0.29, 0.717) is 33.5 Å². The van der Waals surface area contributed by atoms with Crippen LogP contribution in [0.4, 0.5) is 8.78 Å². The van der Waals surface area contributed by atoms with Gasteiger partial charge in [0, 0.05) is 30.8 Å². The Morgan fingerprint density at radius 1 is 1.13 bits per heavy atom. The molecule has 9 nitrogen and oxygen atoms in total. The summed E-state index contributed by atoms with van der Waals surface area (Å²) >= 11 is 0. The molecule has 4 aromatic rings. The molecule has 1 fully saturated rings. The maximum Gasteiger partial charge on any atom is 0.491 e. The first kappa shape index (κ1) is 26.9. The Labute approximate surface area is 223 Å². The Bertz CT molecular complexity index is 1670. The molecule has 0 saturated heterocycles. The predicted molar refractivity (Wildman–Crippen MR) is 142 cm³/mol. The molecule has 0 radical (unpaired) electrons. The van der Waals surface area contributed by atoms with E-state index >= 15 is 0 Å². The molecule has 0 bridgehead atoms. The van der Waals surface area contributed by atoms with Crippen molar-refractivity contribution in [2.75, 3.05) is 7.05 Å². The summed E-state index contributed by atoms with van der Waals surface area (Å²) in [6, 6.07) is 11.0. The SMILES string of the molecule is CNC(=O)c1c(-c2ccc(F)cc2)nn2cc(CS(=O)(=O)NCc3ccc(B(O)O)c(F)c3)c(C3CC3)cc12. The molecular weight excluding hydrogens is 529 g/mol. The van der Waals surface area contributed by atoms with Crippen molar-refractivity contribution in [2.45, 2.75) is 31.1 Å². The average molecular weight is 554 g/mol. The Kier molecular flexibility index (Phi) is 7.25. The number of pyridine rings is 1. The van der Waals surface area contributed by atoms with E-state index in [1.54, 1.807) is 12.3 Å². The minimum atomic E-state index is -3.88. The number of hydrogen-bond donors (Lipinski definition) is 4. The largest absolute Gasteiger partial charge is 0.491 e. The van der Waals surface area contributed by atoms with Gasteiger partial charge in [-0.05, 0) is 71.8 Å². The standard InChI is InChI=1S/C26H25BF2N4O5S/c1-30-26(34)24-23-11-20(16-3-4-16)18(13-33(23)32-25(24)17-5-7-19(28)8-6-17)14-39(37,38)31-12-15-2-9-21(27(35)36)22(29)10-15/h2,5-11,13,16,31,35-36H,3-4,12,14H2,1H3,(H,30,34). The number of carbonyl (C=O) groups excluding carboxylic acids is 1. The second kappa shape index (κ2) is 10.5. The number of fused-ring (bicyclic) bond motifs is 1. The summed E-state index contributed by atoms with van der Waals surface area (Å²) in [5.41, 5.74) is 3.00. The van der Waals surface area contributed by atoms with Crippen molar-refractivity contribution in [1.82, 2.24) is 19.7 Å². The van der Waals surface area contributed by atoms with Gasteiger partial charge in [0.05, 0.1) is 16.8 Å². The predicted octanol–water partition coefficient (Wildman–Crippen LogP) is 1.82. The number of rotatable bonds is 9. The molecule has 4 N–H and O–H groups in total. The zero-order valence-corrected chi connectivity index (χ0v) is 21.7. The zero-order valence-electron chi connectivity index (χ0n) is 20.9. The van der Waals surface area contributed by atoms with Crippen molar-refractivity contribution in [3.8, 4) is 11.3 Å². The van der Waals surface area contributed by atoms with Crippen LogP contribution in [-0.2, 0) is 22.3 Å². The smallest absolute Gasteiger partial charge is 0.423 e. The third-order valence-electron chi connectivity index (χ3n) is 6.66. The van der Waals surface area contributed by atoms with E-state index in [2.05, 4.69) is 15.1 Å². The van der Waals surface area contributed by atoms with Crippen LogP contribution in [0.1, 0.15) is 45.8 Å². The number of halogens is 2. The summed E-state index contributed by atoms with van der Waals surface area (Å²) in [4.78, 5) is 12.9. The fourth-order valence-electron chi connectivity index (χ4n) is 4.54. The lowest BCUT2D eigenvalue weighted by Gasteiger charge is -2.12. The highest BCUT2D eigenvalue weighted by Crippen LogP contribution is 2.43. The van der Waals surface area contributed by atoms with Crippen LogP contribution in [0.3, 0.4) is 0 Å². The van der Waals surface area contributed by atoms with E-state index in [0.717, 1.165) is 24.5 Å². The highest BCUT2D eigenvalue weighted by atomic mass is 32.2. The molecule has 13 heteroatoms.